The fourth-order valence-corrected chi connectivity index (χ4v) is 5.80. The number of hydrogen-bond acceptors (Lipinski definition) is 5. The summed E-state index contributed by atoms with van der Waals surface area (Å²) >= 11 is 0. The van der Waals surface area contributed by atoms with Gasteiger partial charge in [0.15, 0.2) is 11.9 Å². The van der Waals surface area contributed by atoms with E-state index in [-0.39, 0.29) is 30.2 Å². The number of hydrogen-bond donors (Lipinski definition) is 1. The third kappa shape index (κ3) is 4.29. The SMILES string of the molecule is COC(=O)N1c2ccc3c(nc([C@@H](C)Oc4ccccc4)n3[C@H]3CC[C@H](C(=O)O)CC3)c2CC[C@@H]1C. The van der Waals surface area contributed by atoms with Crippen LogP contribution in [-0.4, -0.2) is 39.9 Å². The second-order valence-electron chi connectivity index (χ2n) is 9.92. The van der Waals surface area contributed by atoms with E-state index in [1.807, 2.05) is 56.3 Å². The molecule has 1 aliphatic heterocycles. The molecule has 0 unspecified atom stereocenters. The lowest BCUT2D eigenvalue weighted by Crippen LogP contribution is -2.42. The molecule has 190 valence electrons. The Morgan fingerprint density at radius 2 is 1.78 bits per heavy atom. The minimum atomic E-state index is -0.712. The zero-order valence-corrected chi connectivity index (χ0v) is 21.0. The topological polar surface area (TPSA) is 93.9 Å². The number of aliphatic carboxylic acids is 1. The Hall–Kier alpha value is -3.55. The Kier molecular flexibility index (Phi) is 6.60. The molecule has 0 saturated heterocycles. The minimum absolute atomic E-state index is 0.0376. The molecule has 5 rings (SSSR count). The lowest BCUT2D eigenvalue weighted by Gasteiger charge is -2.34. The number of ether oxygens (including phenoxy) is 2. The van der Waals surface area contributed by atoms with Crippen LogP contribution in [0.25, 0.3) is 11.0 Å². The van der Waals surface area contributed by atoms with Crippen molar-refractivity contribution in [2.75, 3.05) is 12.0 Å². The van der Waals surface area contributed by atoms with Gasteiger partial charge in [0.25, 0.3) is 0 Å². The minimum Gasteiger partial charge on any atom is -0.483 e. The Labute approximate surface area is 210 Å². The van der Waals surface area contributed by atoms with E-state index in [4.69, 9.17) is 14.5 Å². The lowest BCUT2D eigenvalue weighted by molar-refractivity contribution is -0.143. The second-order valence-corrected chi connectivity index (χ2v) is 9.92. The van der Waals surface area contributed by atoms with Crippen LogP contribution in [0.5, 0.6) is 5.75 Å². The van der Waals surface area contributed by atoms with Crippen molar-refractivity contribution in [2.45, 2.75) is 70.6 Å². The fraction of sp³-hybridized carbons (Fsp3) is 0.464. The van der Waals surface area contributed by atoms with E-state index >= 15 is 0 Å². The molecule has 0 bridgehead atoms. The molecule has 2 heterocycles. The molecule has 1 aliphatic carbocycles. The fourth-order valence-electron chi connectivity index (χ4n) is 5.80. The number of fused-ring (bicyclic) bond motifs is 3. The predicted octanol–water partition coefficient (Wildman–Crippen LogP) is 5.90. The molecule has 0 spiro atoms. The quantitative estimate of drug-likeness (QED) is 0.478. The summed E-state index contributed by atoms with van der Waals surface area (Å²) < 4.78 is 13.6. The van der Waals surface area contributed by atoms with Crippen molar-refractivity contribution in [3.8, 4) is 5.75 Å². The summed E-state index contributed by atoms with van der Waals surface area (Å²) in [6, 6.07) is 13.9. The Bertz CT molecular complexity index is 1260. The monoisotopic (exact) mass is 491 g/mol. The number of carboxylic acids is 1. The summed E-state index contributed by atoms with van der Waals surface area (Å²) in [7, 11) is 1.41. The predicted molar refractivity (Wildman–Crippen MR) is 137 cm³/mol. The van der Waals surface area contributed by atoms with Crippen LogP contribution in [0.2, 0.25) is 0 Å². The molecular formula is C28H33N3O5. The molecule has 1 fully saturated rings. The van der Waals surface area contributed by atoms with E-state index in [2.05, 4.69) is 4.57 Å². The molecule has 3 aromatic rings. The molecule has 8 nitrogen and oxygen atoms in total. The van der Waals surface area contributed by atoms with Gasteiger partial charge >= 0.3 is 12.1 Å². The lowest BCUT2D eigenvalue weighted by atomic mass is 9.85. The van der Waals surface area contributed by atoms with Gasteiger partial charge in [0.05, 0.1) is 29.7 Å². The van der Waals surface area contributed by atoms with Gasteiger partial charge in [0.1, 0.15) is 5.75 Å². The van der Waals surface area contributed by atoms with Gasteiger partial charge in [-0.3, -0.25) is 9.69 Å². The maximum atomic E-state index is 12.6. The highest BCUT2D eigenvalue weighted by Gasteiger charge is 2.34. The highest BCUT2D eigenvalue weighted by atomic mass is 16.5. The number of imidazole rings is 1. The summed E-state index contributed by atoms with van der Waals surface area (Å²) in [5.41, 5.74) is 3.77. The number of amides is 1. The number of aryl methyl sites for hydroxylation is 1. The van der Waals surface area contributed by atoms with Crippen LogP contribution in [0.3, 0.4) is 0 Å². The molecule has 1 saturated carbocycles. The highest BCUT2D eigenvalue weighted by molar-refractivity contribution is 5.95. The molecule has 0 radical (unpaired) electrons. The van der Waals surface area contributed by atoms with Crippen molar-refractivity contribution < 1.29 is 24.2 Å². The molecule has 2 aliphatic rings. The van der Waals surface area contributed by atoms with E-state index in [9.17, 15) is 14.7 Å². The van der Waals surface area contributed by atoms with E-state index in [1.165, 1.54) is 7.11 Å². The number of rotatable bonds is 5. The van der Waals surface area contributed by atoms with Gasteiger partial charge in [-0.05, 0) is 76.6 Å². The van der Waals surface area contributed by atoms with Crippen LogP contribution < -0.4 is 9.64 Å². The third-order valence-corrected chi connectivity index (χ3v) is 7.68. The Balaban J connectivity index is 1.60. The van der Waals surface area contributed by atoms with E-state index in [0.717, 1.165) is 59.5 Å². The summed E-state index contributed by atoms with van der Waals surface area (Å²) in [6.07, 6.45) is 3.80. The number of para-hydroxylation sites is 1. The first kappa shape index (κ1) is 24.2. The number of benzene rings is 2. The molecule has 36 heavy (non-hydrogen) atoms. The third-order valence-electron chi connectivity index (χ3n) is 7.68. The highest BCUT2D eigenvalue weighted by Crippen LogP contribution is 2.41. The van der Waals surface area contributed by atoms with Crippen molar-refractivity contribution in [3.05, 3.63) is 53.9 Å². The Morgan fingerprint density at radius 3 is 2.44 bits per heavy atom. The smallest absolute Gasteiger partial charge is 0.414 e. The first-order valence-electron chi connectivity index (χ1n) is 12.7. The average Bonchev–Trinajstić information content (AvgIpc) is 3.29. The van der Waals surface area contributed by atoms with Gasteiger partial charge in [0.2, 0.25) is 0 Å². The van der Waals surface area contributed by atoms with E-state index in [1.54, 1.807) is 4.90 Å². The number of carboxylic acid groups (broad SMARTS) is 1. The van der Waals surface area contributed by atoms with Crippen LogP contribution in [-0.2, 0) is 16.0 Å². The van der Waals surface area contributed by atoms with Crippen LogP contribution in [0, 0.1) is 5.92 Å². The summed E-state index contributed by atoms with van der Waals surface area (Å²) in [5, 5.41) is 9.50. The molecule has 2 atom stereocenters. The number of anilines is 1. The van der Waals surface area contributed by atoms with Crippen LogP contribution in [0.1, 0.15) is 69.5 Å². The maximum absolute atomic E-state index is 12.6. The number of nitrogens with zero attached hydrogens (tertiary/aromatic N) is 3. The number of methoxy groups -OCH3 is 1. The summed E-state index contributed by atoms with van der Waals surface area (Å²) in [6.45, 7) is 4.04. The van der Waals surface area contributed by atoms with Crippen molar-refractivity contribution in [1.29, 1.82) is 0 Å². The van der Waals surface area contributed by atoms with Crippen LogP contribution >= 0.6 is 0 Å². The van der Waals surface area contributed by atoms with Gasteiger partial charge < -0.3 is 19.1 Å². The molecular weight excluding hydrogens is 458 g/mol. The number of carbonyl (C=O) groups excluding carboxylic acids is 1. The summed E-state index contributed by atoms with van der Waals surface area (Å²) in [4.78, 5) is 31.0. The zero-order valence-electron chi connectivity index (χ0n) is 21.0. The van der Waals surface area contributed by atoms with Crippen molar-refractivity contribution in [1.82, 2.24) is 9.55 Å². The maximum Gasteiger partial charge on any atom is 0.414 e. The van der Waals surface area contributed by atoms with E-state index < -0.39 is 5.97 Å². The zero-order chi connectivity index (χ0) is 25.4. The van der Waals surface area contributed by atoms with Gasteiger partial charge in [-0.1, -0.05) is 18.2 Å². The molecule has 8 heteroatoms. The van der Waals surface area contributed by atoms with Gasteiger partial charge in [-0.2, -0.15) is 0 Å². The first-order valence-corrected chi connectivity index (χ1v) is 12.7. The molecule has 1 amide bonds. The molecule has 2 aromatic carbocycles. The average molecular weight is 492 g/mol. The first-order chi connectivity index (χ1) is 17.4. The Morgan fingerprint density at radius 1 is 1.06 bits per heavy atom. The second kappa shape index (κ2) is 9.84. The van der Waals surface area contributed by atoms with Crippen molar-refractivity contribution >= 4 is 28.8 Å². The van der Waals surface area contributed by atoms with Crippen LogP contribution in [0.15, 0.2) is 42.5 Å². The van der Waals surface area contributed by atoms with Gasteiger partial charge in [-0.25, -0.2) is 9.78 Å². The largest absolute Gasteiger partial charge is 0.483 e. The van der Waals surface area contributed by atoms with Gasteiger partial charge in [0, 0.05) is 17.6 Å². The van der Waals surface area contributed by atoms with Crippen LogP contribution in [0.4, 0.5) is 10.5 Å². The molecule has 1 N–H and O–H groups in total. The summed E-state index contributed by atoms with van der Waals surface area (Å²) in [5.74, 6) is 0.589. The van der Waals surface area contributed by atoms with Crippen molar-refractivity contribution in [2.24, 2.45) is 5.92 Å². The van der Waals surface area contributed by atoms with Gasteiger partial charge in [-0.15, -0.1) is 0 Å². The number of aromatic nitrogens is 2. The van der Waals surface area contributed by atoms with E-state index in [0.29, 0.717) is 12.8 Å². The van der Waals surface area contributed by atoms with Crippen molar-refractivity contribution in [3.63, 3.8) is 0 Å². The normalized spacial score (nSPS) is 22.6. The standard InChI is InChI=1S/C28H33N3O5/c1-17-9-14-22-23(30(17)28(34)35-3)15-16-24-25(22)29-26(18(2)36-21-7-5-4-6-8-21)31(24)20-12-10-19(11-13-20)27(32)33/h4-8,15-20H,9-14H2,1-3H3,(H,32,33)/t17-,18+,19-,20-/m0/s1. The molecule has 1 aromatic heterocycles. The number of carbonyl (C=O) groups is 2.